The summed E-state index contributed by atoms with van der Waals surface area (Å²) in [6.45, 7) is 6.46. The maximum Gasteiger partial charge on any atom is 0.0960 e. The highest BCUT2D eigenvalue weighted by Crippen LogP contribution is 2.36. The van der Waals surface area contributed by atoms with Gasteiger partial charge in [0.05, 0.1) is 9.71 Å². The van der Waals surface area contributed by atoms with Crippen molar-refractivity contribution in [3.8, 4) is 0 Å². The second-order valence-electron chi connectivity index (χ2n) is 4.04. The van der Waals surface area contributed by atoms with E-state index in [4.69, 9.17) is 23.2 Å². The summed E-state index contributed by atoms with van der Waals surface area (Å²) in [5.41, 5.74) is 1.14. The number of alkyl halides is 1. The predicted octanol–water partition coefficient (Wildman–Crippen LogP) is 5.43. The first-order valence-electron chi connectivity index (χ1n) is 4.90. The lowest BCUT2D eigenvalue weighted by Gasteiger charge is -2.08. The molecule has 80 valence electrons. The fourth-order valence-electron chi connectivity index (χ4n) is 1.26. The van der Waals surface area contributed by atoms with Crippen molar-refractivity contribution in [1.82, 2.24) is 0 Å². The van der Waals surface area contributed by atoms with E-state index >= 15 is 0 Å². The van der Waals surface area contributed by atoms with Gasteiger partial charge in [-0.2, -0.15) is 0 Å². The molecule has 1 aromatic rings. The van der Waals surface area contributed by atoms with Crippen LogP contribution >= 0.6 is 34.5 Å². The van der Waals surface area contributed by atoms with Crippen LogP contribution in [0.5, 0.6) is 0 Å². The first-order valence-corrected chi connectivity index (χ1v) is 6.53. The van der Waals surface area contributed by atoms with Crippen LogP contribution in [0.1, 0.15) is 42.5 Å². The molecule has 1 aromatic heterocycles. The lowest BCUT2D eigenvalue weighted by Crippen LogP contribution is -1.92. The molecule has 1 unspecified atom stereocenters. The van der Waals surface area contributed by atoms with Crippen molar-refractivity contribution >= 4 is 34.5 Å². The van der Waals surface area contributed by atoms with Gasteiger partial charge in [-0.3, -0.25) is 0 Å². The van der Waals surface area contributed by atoms with E-state index in [0.717, 1.165) is 16.3 Å². The molecule has 0 aliphatic carbocycles. The summed E-state index contributed by atoms with van der Waals surface area (Å²) in [5, 5.41) is 0.133. The molecule has 0 radical (unpaired) electrons. The van der Waals surface area contributed by atoms with Crippen molar-refractivity contribution < 1.29 is 0 Å². The van der Waals surface area contributed by atoms with Crippen LogP contribution in [-0.2, 0) is 0 Å². The summed E-state index contributed by atoms with van der Waals surface area (Å²) in [5.74, 6) is 0.716. The van der Waals surface area contributed by atoms with Crippen LogP contribution in [-0.4, -0.2) is 0 Å². The van der Waals surface area contributed by atoms with Crippen LogP contribution in [0.3, 0.4) is 0 Å². The van der Waals surface area contributed by atoms with E-state index in [2.05, 4.69) is 19.9 Å². The van der Waals surface area contributed by atoms with Gasteiger partial charge < -0.3 is 0 Å². The molecular weight excluding hydrogens is 235 g/mol. The molecule has 0 aliphatic heterocycles. The Bertz CT molecular complexity index is 272. The monoisotopic (exact) mass is 250 g/mol. The number of hydrogen-bond donors (Lipinski definition) is 0. The minimum absolute atomic E-state index is 0.133. The van der Waals surface area contributed by atoms with E-state index in [0.29, 0.717) is 5.92 Å². The number of rotatable bonds is 4. The van der Waals surface area contributed by atoms with Gasteiger partial charge in [0.15, 0.2) is 0 Å². The summed E-state index contributed by atoms with van der Waals surface area (Å²) in [4.78, 5) is 1.20. The average Bonchev–Trinajstić information content (AvgIpc) is 2.43. The molecule has 0 saturated carbocycles. The molecule has 0 N–H and O–H groups in total. The lowest BCUT2D eigenvalue weighted by atomic mass is 10.1. The predicted molar refractivity (Wildman–Crippen MR) is 66.7 cm³/mol. The van der Waals surface area contributed by atoms with Gasteiger partial charge in [-0.1, -0.05) is 25.4 Å². The van der Waals surface area contributed by atoms with Crippen LogP contribution < -0.4 is 0 Å². The third kappa shape index (κ3) is 3.45. The Kier molecular flexibility index (Phi) is 4.75. The zero-order valence-corrected chi connectivity index (χ0v) is 11.1. The molecule has 0 saturated heterocycles. The topological polar surface area (TPSA) is 0 Å². The van der Waals surface area contributed by atoms with Gasteiger partial charge in [-0.15, -0.1) is 22.9 Å². The number of hydrogen-bond acceptors (Lipinski definition) is 1. The van der Waals surface area contributed by atoms with Gasteiger partial charge in [-0.05, 0) is 37.3 Å². The smallest absolute Gasteiger partial charge is 0.0960 e. The molecule has 3 heteroatoms. The van der Waals surface area contributed by atoms with Crippen LogP contribution in [0.15, 0.2) is 6.07 Å². The Morgan fingerprint density at radius 1 is 1.36 bits per heavy atom. The van der Waals surface area contributed by atoms with Crippen molar-refractivity contribution in [2.75, 3.05) is 0 Å². The SMILES string of the molecule is Cc1cc(C(Cl)CCC(C)C)sc1Cl. The van der Waals surface area contributed by atoms with Crippen molar-refractivity contribution in [2.24, 2.45) is 5.92 Å². The zero-order valence-electron chi connectivity index (χ0n) is 8.81. The van der Waals surface area contributed by atoms with E-state index < -0.39 is 0 Å². The third-order valence-electron chi connectivity index (χ3n) is 2.18. The molecule has 0 aliphatic rings. The molecule has 0 aromatic carbocycles. The molecule has 14 heavy (non-hydrogen) atoms. The Balaban J connectivity index is 2.56. The van der Waals surface area contributed by atoms with Crippen molar-refractivity contribution in [1.29, 1.82) is 0 Å². The first-order chi connectivity index (χ1) is 6.50. The summed E-state index contributed by atoms with van der Waals surface area (Å²) < 4.78 is 0.871. The average molecular weight is 251 g/mol. The van der Waals surface area contributed by atoms with Crippen LogP contribution in [0, 0.1) is 12.8 Å². The summed E-state index contributed by atoms with van der Waals surface area (Å²) >= 11 is 13.9. The van der Waals surface area contributed by atoms with Crippen LogP contribution in [0.25, 0.3) is 0 Å². The molecule has 0 spiro atoms. The summed E-state index contributed by atoms with van der Waals surface area (Å²) in [6, 6.07) is 2.10. The maximum atomic E-state index is 6.29. The highest BCUT2D eigenvalue weighted by atomic mass is 35.5. The van der Waals surface area contributed by atoms with Gasteiger partial charge >= 0.3 is 0 Å². The van der Waals surface area contributed by atoms with Gasteiger partial charge in [0.1, 0.15) is 0 Å². The van der Waals surface area contributed by atoms with Crippen molar-refractivity contribution in [2.45, 2.75) is 39.0 Å². The van der Waals surface area contributed by atoms with Crippen LogP contribution in [0.2, 0.25) is 4.34 Å². The Hall–Kier alpha value is 0.280. The molecule has 1 rings (SSSR count). The van der Waals surface area contributed by atoms with E-state index in [-0.39, 0.29) is 5.38 Å². The minimum Gasteiger partial charge on any atom is -0.127 e. The third-order valence-corrected chi connectivity index (χ3v) is 4.43. The molecule has 1 heterocycles. The van der Waals surface area contributed by atoms with E-state index in [1.807, 2.05) is 6.92 Å². The van der Waals surface area contributed by atoms with Gasteiger partial charge in [-0.25, -0.2) is 0 Å². The van der Waals surface area contributed by atoms with E-state index in [1.165, 1.54) is 11.3 Å². The Morgan fingerprint density at radius 2 is 2.00 bits per heavy atom. The highest BCUT2D eigenvalue weighted by molar-refractivity contribution is 7.16. The van der Waals surface area contributed by atoms with Gasteiger partial charge in [0.2, 0.25) is 0 Å². The fraction of sp³-hybridized carbons (Fsp3) is 0.636. The van der Waals surface area contributed by atoms with Gasteiger partial charge in [0, 0.05) is 4.88 Å². The lowest BCUT2D eigenvalue weighted by molar-refractivity contribution is 0.551. The Labute approximate surface area is 100 Å². The van der Waals surface area contributed by atoms with E-state index in [9.17, 15) is 0 Å². The van der Waals surface area contributed by atoms with Crippen molar-refractivity contribution in [3.05, 3.63) is 20.8 Å². The second kappa shape index (κ2) is 5.39. The summed E-state index contributed by atoms with van der Waals surface area (Å²) in [7, 11) is 0. The van der Waals surface area contributed by atoms with Crippen LogP contribution in [0.4, 0.5) is 0 Å². The highest BCUT2D eigenvalue weighted by Gasteiger charge is 2.12. The molecule has 0 amide bonds. The molecular formula is C11H16Cl2S. The van der Waals surface area contributed by atoms with Crippen molar-refractivity contribution in [3.63, 3.8) is 0 Å². The zero-order chi connectivity index (χ0) is 10.7. The number of halogens is 2. The Morgan fingerprint density at radius 3 is 2.43 bits per heavy atom. The quantitative estimate of drug-likeness (QED) is 0.626. The normalized spacial score (nSPS) is 13.6. The standard InChI is InChI=1S/C11H16Cl2S/c1-7(2)4-5-9(12)10-6-8(3)11(13)14-10/h6-7,9H,4-5H2,1-3H3. The molecule has 0 nitrogen and oxygen atoms in total. The number of thiophene rings is 1. The minimum atomic E-state index is 0.133. The summed E-state index contributed by atoms with van der Waals surface area (Å²) in [6.07, 6.45) is 2.21. The molecule has 1 atom stereocenters. The number of aryl methyl sites for hydroxylation is 1. The van der Waals surface area contributed by atoms with Gasteiger partial charge in [0.25, 0.3) is 0 Å². The molecule has 0 bridgehead atoms. The second-order valence-corrected chi connectivity index (χ2v) is 6.26. The largest absolute Gasteiger partial charge is 0.127 e. The maximum absolute atomic E-state index is 6.29. The first kappa shape index (κ1) is 12.4. The van der Waals surface area contributed by atoms with E-state index in [1.54, 1.807) is 11.3 Å². The fourth-order valence-corrected chi connectivity index (χ4v) is 2.81. The molecule has 0 fully saturated rings.